The summed E-state index contributed by atoms with van der Waals surface area (Å²) >= 11 is 0. The van der Waals surface area contributed by atoms with Crippen LogP contribution in [0.3, 0.4) is 0 Å². The number of nitrogens with zero attached hydrogens (tertiary/aromatic N) is 3. The van der Waals surface area contributed by atoms with E-state index in [1.807, 2.05) is 182 Å². The van der Waals surface area contributed by atoms with Crippen LogP contribution in [0.1, 0.15) is 0 Å². The summed E-state index contributed by atoms with van der Waals surface area (Å²) in [6.45, 7) is 0. The zero-order valence-electron chi connectivity index (χ0n) is 42.6. The quantitative estimate of drug-likeness (QED) is 0.0701. The van der Waals surface area contributed by atoms with E-state index in [1.165, 1.54) is 9.21 Å². The first-order valence-electron chi connectivity index (χ1n) is 25.2. The fraction of sp³-hybridized carbons (Fsp3) is 0. The van der Waals surface area contributed by atoms with Gasteiger partial charge >= 0.3 is 471 Å². The van der Waals surface area contributed by atoms with Crippen molar-refractivity contribution in [3.05, 3.63) is 303 Å². The second-order valence-electron chi connectivity index (χ2n) is 17.3. The standard InChI is InChI=1S/C60H54N5O10P5/c1-11-31-51(32-12-1)66-64-78(68-53-35-15-3-16-36-53,69-54-37-17-4-18-38-54)62-76-61-77-63-79(70-55-39-19-5-20-40-55,71-56-41-21-6-22-42-56,72-57-43-23-7-24-44-57)65(67-52-33-13-2-14-34-52)80(64,73-58-45-25-8-26-46-58,74-59-47-27-9-28-48-59)75-60-49-29-10-30-50-60/h1-50,61,63,76-77H. The van der Waals surface area contributed by atoms with Crippen molar-refractivity contribution in [3.8, 4) is 57.5 Å². The monoisotopic (exact) mass is 1160 g/mol. The first-order chi connectivity index (χ1) is 39.4. The Kier molecular flexibility index (Phi) is 16.6. The van der Waals surface area contributed by atoms with Crippen molar-refractivity contribution in [1.82, 2.24) is 18.9 Å². The Balaban J connectivity index is 1.43. The van der Waals surface area contributed by atoms with E-state index >= 15 is 0 Å². The van der Waals surface area contributed by atoms with Crippen molar-refractivity contribution in [2.24, 2.45) is 4.52 Å². The molecule has 0 amide bonds. The molecule has 1 heterocycles. The molecule has 10 aromatic carbocycles. The normalized spacial score (nSPS) is 17.8. The molecule has 0 spiro atoms. The van der Waals surface area contributed by atoms with Crippen molar-refractivity contribution < 1.29 is 45.9 Å². The Bertz CT molecular complexity index is 3320. The van der Waals surface area contributed by atoms with Crippen molar-refractivity contribution in [1.29, 1.82) is 0 Å². The maximum absolute atomic E-state index is 8.20. The van der Waals surface area contributed by atoms with Gasteiger partial charge in [0.2, 0.25) is 0 Å². The Morgan fingerprint density at radius 3 is 0.887 bits per heavy atom. The Morgan fingerprint density at radius 2 is 0.575 bits per heavy atom. The molecule has 1 aliphatic rings. The molecule has 10 aromatic rings. The summed E-state index contributed by atoms with van der Waals surface area (Å²) < 4.78 is 71.7. The van der Waals surface area contributed by atoms with E-state index in [-0.39, 0.29) is 46.0 Å². The first kappa shape index (κ1) is 54.0. The molecule has 2 unspecified atom stereocenters. The minimum absolute atomic E-state index is 0.161. The Morgan fingerprint density at radius 1 is 0.312 bits per heavy atom. The molecule has 404 valence electrons. The molecule has 0 saturated heterocycles. The fourth-order valence-corrected chi connectivity index (χ4v) is 24.4. The molecule has 0 bridgehead atoms. The van der Waals surface area contributed by atoms with Crippen LogP contribution >= 0.6 is 40.6 Å². The van der Waals surface area contributed by atoms with Gasteiger partial charge in [0.1, 0.15) is 0 Å². The van der Waals surface area contributed by atoms with Gasteiger partial charge in [-0.1, -0.05) is 0 Å². The zero-order valence-corrected chi connectivity index (χ0v) is 47.3. The molecule has 2 N–H and O–H groups in total. The van der Waals surface area contributed by atoms with Crippen molar-refractivity contribution in [2.45, 2.75) is 0 Å². The molecule has 15 nitrogen and oxygen atoms in total. The fourth-order valence-electron chi connectivity index (χ4n) is 8.09. The van der Waals surface area contributed by atoms with E-state index < -0.39 is 40.6 Å². The molecule has 0 radical (unpaired) electrons. The molecule has 20 heteroatoms. The number of nitrogens with one attached hydrogen (secondary N) is 2. The molecule has 0 aromatic heterocycles. The van der Waals surface area contributed by atoms with Crippen molar-refractivity contribution in [2.75, 3.05) is 0 Å². The van der Waals surface area contributed by atoms with Gasteiger partial charge in [-0.2, -0.15) is 0 Å². The number of para-hydroxylation sites is 10. The molecule has 1 aliphatic heterocycles. The van der Waals surface area contributed by atoms with Crippen LogP contribution in [-0.2, 0) is 0 Å². The van der Waals surface area contributed by atoms with Crippen LogP contribution in [0, 0.1) is 0 Å². The Labute approximate surface area is 468 Å². The molecule has 2 atom stereocenters. The third-order valence-corrected chi connectivity index (χ3v) is 25.7. The third-order valence-electron chi connectivity index (χ3n) is 11.5. The number of hydrogen-bond acceptors (Lipinski definition) is 15. The van der Waals surface area contributed by atoms with E-state index in [0.29, 0.717) is 11.5 Å². The predicted octanol–water partition coefficient (Wildman–Crippen LogP) is 17.6. The van der Waals surface area contributed by atoms with E-state index in [2.05, 4.69) is 9.72 Å². The van der Waals surface area contributed by atoms with Crippen LogP contribution in [0.4, 0.5) is 0 Å². The first-order valence-corrected chi connectivity index (χ1v) is 32.5. The van der Waals surface area contributed by atoms with E-state index in [9.17, 15) is 0 Å². The maximum atomic E-state index is 8.20. The molecule has 0 aliphatic carbocycles. The van der Waals surface area contributed by atoms with E-state index in [1.54, 1.807) is 121 Å². The summed E-state index contributed by atoms with van der Waals surface area (Å²) in [4.78, 5) is 22.9. The van der Waals surface area contributed by atoms with E-state index in [4.69, 9.17) is 50.4 Å². The second kappa shape index (κ2) is 24.6. The van der Waals surface area contributed by atoms with Crippen LogP contribution in [-0.4, -0.2) is 9.21 Å². The van der Waals surface area contributed by atoms with Gasteiger partial charge in [0.25, 0.3) is 0 Å². The number of rotatable bonds is 20. The summed E-state index contributed by atoms with van der Waals surface area (Å²) in [7, 11) is -19.1. The molecular formula is C60H54N5O10P5. The topological polar surface area (TPSA) is 135 Å². The van der Waals surface area contributed by atoms with Gasteiger partial charge in [-0.3, -0.25) is 0 Å². The van der Waals surface area contributed by atoms with Crippen molar-refractivity contribution >= 4 is 40.6 Å². The average Bonchev–Trinajstić information content (AvgIpc) is 1.62. The van der Waals surface area contributed by atoms with Crippen LogP contribution in [0.5, 0.6) is 57.5 Å². The molecule has 0 saturated carbocycles. The summed E-state index contributed by atoms with van der Waals surface area (Å²) in [5, 5.41) is 0. The molecular weight excluding hydrogens is 1110 g/mol. The second-order valence-corrected chi connectivity index (χ2v) is 28.2. The van der Waals surface area contributed by atoms with E-state index in [0.717, 1.165) is 0 Å². The molecule has 0 fully saturated rings. The molecule has 11 rings (SSSR count). The van der Waals surface area contributed by atoms with Crippen LogP contribution in [0.15, 0.2) is 308 Å². The number of hydrogen-bond donors (Lipinski definition) is 2. The van der Waals surface area contributed by atoms with Gasteiger partial charge in [-0.15, -0.1) is 0 Å². The van der Waals surface area contributed by atoms with Gasteiger partial charge in [0, 0.05) is 0 Å². The van der Waals surface area contributed by atoms with Gasteiger partial charge in [-0.25, -0.2) is 0 Å². The predicted molar refractivity (Wildman–Crippen MR) is 320 cm³/mol. The summed E-state index contributed by atoms with van der Waals surface area (Å²) in [5.41, 5.74) is 0. The van der Waals surface area contributed by atoms with Crippen LogP contribution in [0.2, 0.25) is 0 Å². The van der Waals surface area contributed by atoms with Gasteiger partial charge in [0.05, 0.1) is 0 Å². The van der Waals surface area contributed by atoms with Crippen LogP contribution in [0.25, 0.3) is 0 Å². The van der Waals surface area contributed by atoms with Gasteiger partial charge in [0.15, 0.2) is 0 Å². The van der Waals surface area contributed by atoms with Crippen LogP contribution < -0.4 is 55.6 Å². The SMILES string of the molecule is c1ccc(ON2P(Oc3ccccc3)(Oc3ccccc3)=NPNPNP(Oc3ccccc3)(Oc3ccccc3)(Oc3ccccc3)N(Oc3ccccc3)P2(Oc2ccccc2)(Oc2ccccc2)Oc2ccccc2)cc1. The molecule has 80 heavy (non-hydrogen) atoms. The minimum atomic E-state index is -6.90. The number of benzene rings is 10. The van der Waals surface area contributed by atoms with Gasteiger partial charge < -0.3 is 0 Å². The summed E-state index contributed by atoms with van der Waals surface area (Å²) in [6.07, 6.45) is 0. The van der Waals surface area contributed by atoms with Crippen molar-refractivity contribution in [3.63, 3.8) is 0 Å². The summed E-state index contributed by atoms with van der Waals surface area (Å²) in [6, 6.07) is 90.7. The third kappa shape index (κ3) is 11.9. The Hall–Kier alpha value is -8.01. The average molecular weight is 1160 g/mol. The zero-order chi connectivity index (χ0) is 54.3. The summed E-state index contributed by atoms with van der Waals surface area (Å²) in [5.74, 6) is 2.26. The van der Waals surface area contributed by atoms with Gasteiger partial charge in [-0.05, 0) is 0 Å².